The fraction of sp³-hybridized carbons (Fsp3) is 0.688. The van der Waals surface area contributed by atoms with Gasteiger partial charge in [-0.05, 0) is 19.3 Å². The molecule has 0 amide bonds. The summed E-state index contributed by atoms with van der Waals surface area (Å²) in [4.78, 5) is 4.91. The molecule has 1 fully saturated rings. The van der Waals surface area contributed by atoms with E-state index in [2.05, 4.69) is 25.0 Å². The molecule has 0 aliphatic heterocycles. The van der Waals surface area contributed by atoms with Crippen molar-refractivity contribution >= 4 is 5.82 Å². The highest BCUT2D eigenvalue weighted by molar-refractivity contribution is 5.41. The number of aromatic nitrogens is 2. The summed E-state index contributed by atoms with van der Waals surface area (Å²) in [6, 6.07) is 0. The summed E-state index contributed by atoms with van der Waals surface area (Å²) in [5.74, 6) is 3.09. The van der Waals surface area contributed by atoms with E-state index >= 15 is 0 Å². The molecule has 1 aromatic heterocycles. The lowest BCUT2D eigenvalue weighted by atomic mass is 9.88. The second-order valence-corrected chi connectivity index (χ2v) is 5.78. The van der Waals surface area contributed by atoms with Crippen LogP contribution in [-0.2, 0) is 6.54 Å². The van der Waals surface area contributed by atoms with Crippen molar-refractivity contribution in [3.05, 3.63) is 24.2 Å². The summed E-state index contributed by atoms with van der Waals surface area (Å²) in [7, 11) is 0. The van der Waals surface area contributed by atoms with Gasteiger partial charge in [-0.25, -0.2) is 4.98 Å². The Kier molecular flexibility index (Phi) is 4.67. The molecule has 106 valence electrons. The minimum atomic E-state index is 0.438. The molecule has 1 heterocycles. The third-order valence-electron chi connectivity index (χ3n) is 4.43. The fourth-order valence-electron chi connectivity index (χ4n) is 3.05. The molecule has 1 aromatic rings. The standard InChI is InChI=1S/C16H27N3/c1-4-11-19-15(17)14(12(3)5-2)18-16(19)13-9-7-6-8-10-13/h4,12-13H,1,5-11,17H2,2-3H3. The number of nitrogens with zero attached hydrogens (tertiary/aromatic N) is 2. The second-order valence-electron chi connectivity index (χ2n) is 5.78. The molecule has 1 aliphatic rings. The van der Waals surface area contributed by atoms with Crippen molar-refractivity contribution in [1.29, 1.82) is 0 Å². The highest BCUT2D eigenvalue weighted by Gasteiger charge is 2.25. The van der Waals surface area contributed by atoms with Gasteiger partial charge in [-0.1, -0.05) is 39.2 Å². The molecule has 1 unspecified atom stereocenters. The van der Waals surface area contributed by atoms with Gasteiger partial charge in [0.15, 0.2) is 0 Å². The van der Waals surface area contributed by atoms with Gasteiger partial charge in [-0.3, -0.25) is 0 Å². The van der Waals surface area contributed by atoms with Crippen molar-refractivity contribution in [3.63, 3.8) is 0 Å². The minimum Gasteiger partial charge on any atom is -0.384 e. The van der Waals surface area contributed by atoms with Gasteiger partial charge in [0.2, 0.25) is 0 Å². The number of nitrogens with two attached hydrogens (primary N) is 1. The average Bonchev–Trinajstić information content (AvgIpc) is 2.77. The van der Waals surface area contributed by atoms with E-state index in [0.717, 1.165) is 24.5 Å². The van der Waals surface area contributed by atoms with E-state index in [1.54, 1.807) is 0 Å². The van der Waals surface area contributed by atoms with Crippen molar-refractivity contribution in [2.24, 2.45) is 0 Å². The maximum Gasteiger partial charge on any atom is 0.127 e. The molecule has 0 radical (unpaired) electrons. The zero-order chi connectivity index (χ0) is 13.8. The van der Waals surface area contributed by atoms with E-state index in [1.807, 2.05) is 6.08 Å². The molecule has 2 rings (SSSR count). The van der Waals surface area contributed by atoms with Crippen molar-refractivity contribution in [3.8, 4) is 0 Å². The number of hydrogen-bond donors (Lipinski definition) is 1. The Hall–Kier alpha value is -1.25. The van der Waals surface area contributed by atoms with Crippen LogP contribution in [0.4, 0.5) is 5.82 Å². The second kappa shape index (κ2) is 6.27. The molecule has 3 heteroatoms. The molecule has 0 aromatic carbocycles. The van der Waals surface area contributed by atoms with Crippen molar-refractivity contribution < 1.29 is 0 Å². The van der Waals surface area contributed by atoms with Gasteiger partial charge in [0.25, 0.3) is 0 Å². The van der Waals surface area contributed by atoms with Crippen LogP contribution in [0.25, 0.3) is 0 Å². The summed E-state index contributed by atoms with van der Waals surface area (Å²) in [5, 5.41) is 0. The van der Waals surface area contributed by atoms with Crippen LogP contribution < -0.4 is 5.73 Å². The van der Waals surface area contributed by atoms with Gasteiger partial charge in [0, 0.05) is 18.4 Å². The number of nitrogen functional groups attached to an aromatic ring is 1. The maximum absolute atomic E-state index is 6.33. The van der Waals surface area contributed by atoms with Crippen molar-refractivity contribution in [1.82, 2.24) is 9.55 Å². The molecular weight excluding hydrogens is 234 g/mol. The Balaban J connectivity index is 2.36. The molecule has 1 aliphatic carbocycles. The Morgan fingerprint density at radius 3 is 2.68 bits per heavy atom. The van der Waals surface area contributed by atoms with Crippen LogP contribution in [0.5, 0.6) is 0 Å². The van der Waals surface area contributed by atoms with E-state index < -0.39 is 0 Å². The van der Waals surface area contributed by atoms with Gasteiger partial charge in [0.1, 0.15) is 11.6 Å². The smallest absolute Gasteiger partial charge is 0.127 e. The lowest BCUT2D eigenvalue weighted by Gasteiger charge is -2.22. The van der Waals surface area contributed by atoms with Crippen LogP contribution in [0.15, 0.2) is 12.7 Å². The monoisotopic (exact) mass is 261 g/mol. The largest absolute Gasteiger partial charge is 0.384 e. The Morgan fingerprint density at radius 1 is 1.42 bits per heavy atom. The van der Waals surface area contributed by atoms with Crippen LogP contribution in [0.3, 0.4) is 0 Å². The van der Waals surface area contributed by atoms with Crippen LogP contribution in [0.1, 0.15) is 75.7 Å². The first kappa shape index (κ1) is 14.2. The van der Waals surface area contributed by atoms with Gasteiger partial charge in [-0.15, -0.1) is 6.58 Å². The molecular formula is C16H27N3. The first-order chi connectivity index (χ1) is 9.19. The number of hydrogen-bond acceptors (Lipinski definition) is 2. The van der Waals surface area contributed by atoms with E-state index in [1.165, 1.54) is 37.9 Å². The topological polar surface area (TPSA) is 43.8 Å². The summed E-state index contributed by atoms with van der Waals surface area (Å²) in [5.41, 5.74) is 7.41. The Labute approximate surface area is 116 Å². The lowest BCUT2D eigenvalue weighted by Crippen LogP contribution is -2.13. The predicted molar refractivity (Wildman–Crippen MR) is 81.4 cm³/mol. The summed E-state index contributed by atoms with van der Waals surface area (Å²) in [6.45, 7) is 9.03. The van der Waals surface area contributed by atoms with Crippen LogP contribution in [0.2, 0.25) is 0 Å². The normalized spacial score (nSPS) is 18.4. The highest BCUT2D eigenvalue weighted by atomic mass is 15.1. The lowest BCUT2D eigenvalue weighted by molar-refractivity contribution is 0.419. The first-order valence-electron chi connectivity index (χ1n) is 7.65. The van der Waals surface area contributed by atoms with Crippen molar-refractivity contribution in [2.75, 3.05) is 5.73 Å². The SMILES string of the molecule is C=CCn1c(C2CCCCC2)nc(C(C)CC)c1N. The fourth-order valence-corrected chi connectivity index (χ4v) is 3.05. The first-order valence-corrected chi connectivity index (χ1v) is 7.65. The molecule has 1 atom stereocenters. The number of rotatable bonds is 5. The quantitative estimate of drug-likeness (QED) is 0.807. The third kappa shape index (κ3) is 2.85. The van der Waals surface area contributed by atoms with E-state index in [-0.39, 0.29) is 0 Å². The van der Waals surface area contributed by atoms with Crippen LogP contribution in [-0.4, -0.2) is 9.55 Å². The summed E-state index contributed by atoms with van der Waals surface area (Å²) < 4.78 is 2.18. The number of allylic oxidation sites excluding steroid dienone is 1. The molecule has 0 bridgehead atoms. The number of anilines is 1. The average molecular weight is 261 g/mol. The highest BCUT2D eigenvalue weighted by Crippen LogP contribution is 2.35. The predicted octanol–water partition coefficient (Wildman–Crippen LogP) is 4.21. The molecule has 0 saturated heterocycles. The van der Waals surface area contributed by atoms with Gasteiger partial charge < -0.3 is 10.3 Å². The zero-order valence-electron chi connectivity index (χ0n) is 12.4. The zero-order valence-corrected chi connectivity index (χ0v) is 12.4. The van der Waals surface area contributed by atoms with Crippen LogP contribution >= 0.6 is 0 Å². The van der Waals surface area contributed by atoms with Gasteiger partial charge in [0.05, 0.1) is 5.69 Å². The molecule has 2 N–H and O–H groups in total. The molecule has 0 spiro atoms. The Bertz CT molecular complexity index is 427. The summed E-state index contributed by atoms with van der Waals surface area (Å²) >= 11 is 0. The van der Waals surface area contributed by atoms with Crippen molar-refractivity contribution in [2.45, 2.75) is 70.8 Å². The van der Waals surface area contributed by atoms with E-state index in [0.29, 0.717) is 11.8 Å². The Morgan fingerprint density at radius 2 is 2.11 bits per heavy atom. The maximum atomic E-state index is 6.33. The third-order valence-corrected chi connectivity index (χ3v) is 4.43. The van der Waals surface area contributed by atoms with Gasteiger partial charge >= 0.3 is 0 Å². The summed E-state index contributed by atoms with van der Waals surface area (Å²) in [6.07, 6.45) is 9.53. The molecule has 1 saturated carbocycles. The minimum absolute atomic E-state index is 0.438. The van der Waals surface area contributed by atoms with E-state index in [4.69, 9.17) is 10.7 Å². The number of imidazole rings is 1. The van der Waals surface area contributed by atoms with E-state index in [9.17, 15) is 0 Å². The van der Waals surface area contributed by atoms with Crippen LogP contribution in [0, 0.1) is 0 Å². The van der Waals surface area contributed by atoms with Gasteiger partial charge in [-0.2, -0.15) is 0 Å². The molecule has 3 nitrogen and oxygen atoms in total. The molecule has 19 heavy (non-hydrogen) atoms.